The van der Waals surface area contributed by atoms with Crippen LogP contribution in [-0.4, -0.2) is 44.5 Å². The summed E-state index contributed by atoms with van der Waals surface area (Å²) in [6.07, 6.45) is 5.37. The molecule has 1 aromatic heterocycles. The average Bonchev–Trinajstić information content (AvgIpc) is 3.31. The number of ether oxygens (including phenoxy) is 1. The first-order chi connectivity index (χ1) is 14.7. The zero-order valence-corrected chi connectivity index (χ0v) is 19.1. The van der Waals surface area contributed by atoms with Crippen LogP contribution in [0.1, 0.15) is 51.3 Å². The van der Waals surface area contributed by atoms with E-state index in [0.717, 1.165) is 50.5 Å². The molecule has 2 fully saturated rings. The Balaban J connectivity index is 1.20. The molecule has 2 heterocycles. The Morgan fingerprint density at radius 1 is 1.29 bits per heavy atom. The first-order valence-electron chi connectivity index (χ1n) is 10.9. The molecule has 2 aromatic rings. The zero-order valence-electron chi connectivity index (χ0n) is 18.3. The maximum Gasteiger partial charge on any atom is 0.324 e. The Hall–Kier alpha value is -2.16. The fraction of sp³-hybridized carbons (Fsp3) is 0.636. The number of hydrogen-bond donors (Lipinski definition) is 0. The molecular formula is C22H30FN3O4S. The smallest absolute Gasteiger partial charge is 0.324 e. The van der Waals surface area contributed by atoms with E-state index in [-0.39, 0.29) is 16.6 Å². The Morgan fingerprint density at radius 3 is 2.65 bits per heavy atom. The number of hydrogen-bond acceptors (Lipinski definition) is 7. The van der Waals surface area contributed by atoms with E-state index < -0.39 is 15.7 Å². The minimum absolute atomic E-state index is 0.0353. The van der Waals surface area contributed by atoms with Crippen LogP contribution in [0.4, 0.5) is 10.4 Å². The van der Waals surface area contributed by atoms with E-state index in [1.807, 2.05) is 0 Å². The molecule has 2 atom stereocenters. The number of sulfone groups is 1. The second kappa shape index (κ2) is 8.76. The summed E-state index contributed by atoms with van der Waals surface area (Å²) in [6.45, 7) is 6.41. The number of anilines is 1. The summed E-state index contributed by atoms with van der Waals surface area (Å²) in [5.74, 6) is 2.50. The maximum absolute atomic E-state index is 14.1. The standard InChI is InChI=1S/C22H30FN3O4S/c1-14(2)21-24-22(30-25-21)26-9-6-15(7-10-26)18-12-16(18)8-11-29-20-5-4-17(13-19(20)23)31(3,27)28/h4-5,13-16,18H,6-12H2,1-3H3/t16-,18+/m1/s1. The van der Waals surface area contributed by atoms with E-state index >= 15 is 0 Å². The Bertz CT molecular complexity index is 1020. The second-order valence-electron chi connectivity index (χ2n) is 9.08. The number of aromatic nitrogens is 2. The molecule has 170 valence electrons. The quantitative estimate of drug-likeness (QED) is 0.598. The minimum Gasteiger partial charge on any atom is -0.491 e. The van der Waals surface area contributed by atoms with Crippen molar-refractivity contribution < 1.29 is 22.1 Å². The van der Waals surface area contributed by atoms with Gasteiger partial charge in [-0.1, -0.05) is 19.0 Å². The van der Waals surface area contributed by atoms with Crippen LogP contribution in [0.25, 0.3) is 0 Å². The van der Waals surface area contributed by atoms with Crippen LogP contribution in [-0.2, 0) is 9.84 Å². The lowest BCUT2D eigenvalue weighted by Gasteiger charge is -2.30. The van der Waals surface area contributed by atoms with Crippen LogP contribution in [0, 0.1) is 23.6 Å². The first-order valence-corrected chi connectivity index (χ1v) is 12.8. The molecule has 4 rings (SSSR count). The fourth-order valence-electron chi connectivity index (χ4n) is 4.44. The van der Waals surface area contributed by atoms with Crippen molar-refractivity contribution in [1.29, 1.82) is 0 Å². The molecule has 7 nitrogen and oxygen atoms in total. The highest BCUT2D eigenvalue weighted by atomic mass is 32.2. The van der Waals surface area contributed by atoms with Gasteiger partial charge < -0.3 is 14.2 Å². The van der Waals surface area contributed by atoms with E-state index in [0.29, 0.717) is 30.4 Å². The van der Waals surface area contributed by atoms with Gasteiger partial charge in [-0.15, -0.1) is 0 Å². The number of rotatable bonds is 8. The highest BCUT2D eigenvalue weighted by molar-refractivity contribution is 7.90. The normalized spacial score (nSPS) is 22.2. The number of benzene rings is 1. The third-order valence-corrected chi connectivity index (χ3v) is 7.53. The highest BCUT2D eigenvalue weighted by Crippen LogP contribution is 2.50. The van der Waals surface area contributed by atoms with Crippen LogP contribution in [0.5, 0.6) is 5.75 Å². The second-order valence-corrected chi connectivity index (χ2v) is 11.1. The van der Waals surface area contributed by atoms with Gasteiger partial charge in [-0.05, 0) is 61.6 Å². The molecule has 0 radical (unpaired) electrons. The first kappa shape index (κ1) is 22.0. The van der Waals surface area contributed by atoms with E-state index in [2.05, 4.69) is 28.9 Å². The van der Waals surface area contributed by atoms with Crippen LogP contribution in [0.15, 0.2) is 27.6 Å². The topological polar surface area (TPSA) is 85.5 Å². The number of nitrogens with zero attached hydrogens (tertiary/aromatic N) is 3. The van der Waals surface area contributed by atoms with Gasteiger partial charge >= 0.3 is 6.01 Å². The summed E-state index contributed by atoms with van der Waals surface area (Å²) in [4.78, 5) is 6.64. The lowest BCUT2D eigenvalue weighted by molar-refractivity contribution is 0.272. The molecule has 9 heteroatoms. The van der Waals surface area contributed by atoms with Gasteiger partial charge in [0.1, 0.15) is 0 Å². The van der Waals surface area contributed by atoms with Gasteiger partial charge in [-0.25, -0.2) is 12.8 Å². The lowest BCUT2D eigenvalue weighted by Crippen LogP contribution is -2.34. The predicted molar refractivity (Wildman–Crippen MR) is 115 cm³/mol. The average molecular weight is 452 g/mol. The molecule has 1 saturated carbocycles. The van der Waals surface area contributed by atoms with Crippen LogP contribution < -0.4 is 9.64 Å². The molecule has 1 aliphatic carbocycles. The van der Waals surface area contributed by atoms with E-state index in [1.165, 1.54) is 18.6 Å². The monoisotopic (exact) mass is 451 g/mol. The van der Waals surface area contributed by atoms with Crippen LogP contribution >= 0.6 is 0 Å². The van der Waals surface area contributed by atoms with Gasteiger partial charge in [0.2, 0.25) is 0 Å². The van der Waals surface area contributed by atoms with Crippen molar-refractivity contribution in [2.24, 2.45) is 17.8 Å². The molecule has 31 heavy (non-hydrogen) atoms. The molecule has 1 aromatic carbocycles. The molecule has 0 amide bonds. The summed E-state index contributed by atoms with van der Waals surface area (Å²) in [5.41, 5.74) is 0. The zero-order chi connectivity index (χ0) is 22.2. The van der Waals surface area contributed by atoms with Gasteiger partial charge in [0.25, 0.3) is 0 Å². The van der Waals surface area contributed by atoms with Crippen molar-refractivity contribution in [3.63, 3.8) is 0 Å². The minimum atomic E-state index is -3.42. The molecule has 2 aliphatic rings. The summed E-state index contributed by atoms with van der Waals surface area (Å²) in [5, 5.41) is 4.05. The number of halogens is 1. The van der Waals surface area contributed by atoms with Crippen molar-refractivity contribution in [2.75, 3.05) is 30.9 Å². The third-order valence-electron chi connectivity index (χ3n) is 6.42. The van der Waals surface area contributed by atoms with E-state index in [9.17, 15) is 12.8 Å². The molecule has 0 bridgehead atoms. The predicted octanol–water partition coefficient (Wildman–Crippen LogP) is 4.06. The molecule has 0 spiro atoms. The van der Waals surface area contributed by atoms with Gasteiger partial charge in [0.05, 0.1) is 11.5 Å². The van der Waals surface area contributed by atoms with Crippen LogP contribution in [0.3, 0.4) is 0 Å². The maximum atomic E-state index is 14.1. The fourth-order valence-corrected chi connectivity index (χ4v) is 5.07. The molecule has 1 saturated heterocycles. The van der Waals surface area contributed by atoms with E-state index in [1.54, 1.807) is 0 Å². The van der Waals surface area contributed by atoms with Crippen molar-refractivity contribution in [1.82, 2.24) is 10.1 Å². The summed E-state index contributed by atoms with van der Waals surface area (Å²) >= 11 is 0. The Kier molecular flexibility index (Phi) is 6.23. The lowest BCUT2D eigenvalue weighted by atomic mass is 9.90. The van der Waals surface area contributed by atoms with E-state index in [4.69, 9.17) is 9.26 Å². The van der Waals surface area contributed by atoms with Crippen molar-refractivity contribution in [2.45, 2.75) is 50.3 Å². The van der Waals surface area contributed by atoms with Gasteiger partial charge in [0.15, 0.2) is 27.2 Å². The molecular weight excluding hydrogens is 421 g/mol. The van der Waals surface area contributed by atoms with Crippen molar-refractivity contribution >= 4 is 15.9 Å². The molecule has 1 aliphatic heterocycles. The largest absolute Gasteiger partial charge is 0.491 e. The summed E-state index contributed by atoms with van der Waals surface area (Å²) < 4.78 is 48.1. The van der Waals surface area contributed by atoms with Crippen molar-refractivity contribution in [3.05, 3.63) is 29.8 Å². The van der Waals surface area contributed by atoms with Crippen molar-refractivity contribution in [3.8, 4) is 5.75 Å². The van der Waals surface area contributed by atoms with Crippen LogP contribution in [0.2, 0.25) is 0 Å². The van der Waals surface area contributed by atoms with Gasteiger partial charge in [-0.3, -0.25) is 0 Å². The Morgan fingerprint density at radius 2 is 2.03 bits per heavy atom. The Labute approximate surface area is 182 Å². The van der Waals surface area contributed by atoms with Gasteiger partial charge in [0, 0.05) is 25.3 Å². The number of piperidine rings is 1. The molecule has 0 N–H and O–H groups in total. The molecule has 0 unspecified atom stereocenters. The summed E-state index contributed by atoms with van der Waals surface area (Å²) in [6, 6.07) is 4.43. The third kappa shape index (κ3) is 5.19. The highest BCUT2D eigenvalue weighted by Gasteiger charge is 2.43. The van der Waals surface area contributed by atoms with Gasteiger partial charge in [-0.2, -0.15) is 4.98 Å². The summed E-state index contributed by atoms with van der Waals surface area (Å²) in [7, 11) is -3.42. The SMILES string of the molecule is CC(C)c1noc(N2CCC([C@@H]3C[C@H]3CCOc3ccc(S(C)(=O)=O)cc3F)CC2)n1.